The normalized spacial score (nSPS) is 14.9. The van der Waals surface area contributed by atoms with E-state index in [-0.39, 0.29) is 5.91 Å². The average Bonchev–Trinajstić information content (AvgIpc) is 2.69. The van der Waals surface area contributed by atoms with Gasteiger partial charge in [-0.2, -0.15) is 0 Å². The van der Waals surface area contributed by atoms with Gasteiger partial charge in [0.05, 0.1) is 19.0 Å². The van der Waals surface area contributed by atoms with Gasteiger partial charge in [-0.15, -0.1) is 11.8 Å². The Labute approximate surface area is 173 Å². The molecule has 4 nitrogen and oxygen atoms in total. The molecule has 1 N–H and O–H groups in total. The zero-order valence-electron chi connectivity index (χ0n) is 15.3. The largest absolute Gasteiger partial charge is 0.379 e. The van der Waals surface area contributed by atoms with E-state index in [2.05, 4.69) is 62.5 Å². The fourth-order valence-corrected chi connectivity index (χ4v) is 4.03. The van der Waals surface area contributed by atoms with Crippen molar-refractivity contribution in [2.24, 2.45) is 0 Å². The van der Waals surface area contributed by atoms with Gasteiger partial charge in [-0.3, -0.25) is 9.69 Å². The second-order valence-corrected chi connectivity index (χ2v) is 8.51. The molecular formula is C21H25BrN2O2S. The Morgan fingerprint density at radius 1 is 1.07 bits per heavy atom. The number of rotatable bonds is 8. The minimum absolute atomic E-state index is 0.0793. The summed E-state index contributed by atoms with van der Waals surface area (Å²) >= 11 is 5.07. The number of nitrogens with zero attached hydrogens (tertiary/aromatic N) is 1. The lowest BCUT2D eigenvalue weighted by Crippen LogP contribution is -2.35. The maximum absolute atomic E-state index is 12.1. The lowest BCUT2D eigenvalue weighted by molar-refractivity contribution is -0.118. The molecule has 0 aromatic heterocycles. The van der Waals surface area contributed by atoms with Gasteiger partial charge >= 0.3 is 0 Å². The number of thioether (sulfide) groups is 1. The molecule has 0 unspecified atom stereocenters. The molecule has 0 aliphatic carbocycles. The molecule has 1 saturated heterocycles. The molecule has 1 aliphatic heterocycles. The van der Waals surface area contributed by atoms with Crippen molar-refractivity contribution in [3.63, 3.8) is 0 Å². The first-order valence-electron chi connectivity index (χ1n) is 9.16. The van der Waals surface area contributed by atoms with E-state index in [1.165, 1.54) is 11.1 Å². The molecule has 0 bridgehead atoms. The fraction of sp³-hybridized carbons (Fsp3) is 0.381. The highest BCUT2D eigenvalue weighted by molar-refractivity contribution is 9.10. The van der Waals surface area contributed by atoms with Crippen LogP contribution in [0.5, 0.6) is 0 Å². The summed E-state index contributed by atoms with van der Waals surface area (Å²) in [6.07, 6.45) is 0. The van der Waals surface area contributed by atoms with Crippen LogP contribution < -0.4 is 5.32 Å². The second-order valence-electron chi connectivity index (χ2n) is 6.60. The Morgan fingerprint density at radius 2 is 1.81 bits per heavy atom. The van der Waals surface area contributed by atoms with Crippen molar-refractivity contribution in [2.75, 3.05) is 32.1 Å². The summed E-state index contributed by atoms with van der Waals surface area (Å²) in [4.78, 5) is 14.5. The molecule has 1 heterocycles. The van der Waals surface area contributed by atoms with E-state index < -0.39 is 0 Å². The molecule has 1 fully saturated rings. The predicted molar refractivity (Wildman–Crippen MR) is 115 cm³/mol. The number of benzene rings is 2. The third-order valence-corrected chi connectivity index (χ3v) is 5.94. The molecule has 3 rings (SSSR count). The number of carbonyl (C=O) groups is 1. The minimum atomic E-state index is 0.0793. The number of hydrogen-bond donors (Lipinski definition) is 1. The van der Waals surface area contributed by atoms with Gasteiger partial charge in [0.2, 0.25) is 5.91 Å². The first-order chi connectivity index (χ1) is 13.2. The quantitative estimate of drug-likeness (QED) is 0.665. The Kier molecular flexibility index (Phi) is 8.20. The van der Waals surface area contributed by atoms with Gasteiger partial charge in [0, 0.05) is 36.4 Å². The Hall–Kier alpha value is -1.34. The van der Waals surface area contributed by atoms with E-state index in [4.69, 9.17) is 4.74 Å². The van der Waals surface area contributed by atoms with Crippen LogP contribution >= 0.6 is 27.7 Å². The number of amides is 1. The van der Waals surface area contributed by atoms with Crippen molar-refractivity contribution >= 4 is 33.6 Å². The number of morpholine rings is 1. The van der Waals surface area contributed by atoms with Crippen LogP contribution in [0.1, 0.15) is 16.7 Å². The molecule has 2 aromatic rings. The summed E-state index contributed by atoms with van der Waals surface area (Å²) in [7, 11) is 0. The number of hydrogen-bond acceptors (Lipinski definition) is 4. The van der Waals surface area contributed by atoms with Crippen molar-refractivity contribution in [3.05, 3.63) is 69.7 Å². The van der Waals surface area contributed by atoms with E-state index in [1.807, 2.05) is 12.1 Å². The Bertz CT molecular complexity index is 733. The summed E-state index contributed by atoms with van der Waals surface area (Å²) in [6, 6.07) is 16.7. The highest BCUT2D eigenvalue weighted by atomic mass is 79.9. The second kappa shape index (κ2) is 10.9. The van der Waals surface area contributed by atoms with Gasteiger partial charge in [-0.1, -0.05) is 52.3 Å². The van der Waals surface area contributed by atoms with Crippen molar-refractivity contribution in [3.8, 4) is 0 Å². The van der Waals surface area contributed by atoms with Crippen LogP contribution in [0.2, 0.25) is 0 Å². The summed E-state index contributed by atoms with van der Waals surface area (Å²) < 4.78 is 6.47. The Balaban J connectivity index is 1.39. The van der Waals surface area contributed by atoms with Gasteiger partial charge in [-0.05, 0) is 28.8 Å². The average molecular weight is 449 g/mol. The van der Waals surface area contributed by atoms with E-state index in [1.54, 1.807) is 11.8 Å². The lowest BCUT2D eigenvalue weighted by Gasteiger charge is -2.26. The van der Waals surface area contributed by atoms with Crippen molar-refractivity contribution < 1.29 is 9.53 Å². The molecule has 0 saturated carbocycles. The van der Waals surface area contributed by atoms with E-state index in [0.29, 0.717) is 12.3 Å². The van der Waals surface area contributed by atoms with Crippen molar-refractivity contribution in [1.82, 2.24) is 10.2 Å². The van der Waals surface area contributed by atoms with Gasteiger partial charge in [0.15, 0.2) is 0 Å². The molecule has 2 aromatic carbocycles. The van der Waals surface area contributed by atoms with Gasteiger partial charge < -0.3 is 10.1 Å². The summed E-state index contributed by atoms with van der Waals surface area (Å²) in [5.41, 5.74) is 3.66. The number of nitrogens with one attached hydrogen (secondary N) is 1. The lowest BCUT2D eigenvalue weighted by atomic mass is 10.1. The third kappa shape index (κ3) is 7.30. The van der Waals surface area contributed by atoms with Crippen LogP contribution in [0.25, 0.3) is 0 Å². The topological polar surface area (TPSA) is 41.6 Å². The van der Waals surface area contributed by atoms with Gasteiger partial charge in [0.1, 0.15) is 0 Å². The molecular weight excluding hydrogens is 424 g/mol. The first-order valence-corrected chi connectivity index (χ1v) is 11.1. The molecule has 6 heteroatoms. The van der Waals surface area contributed by atoms with Crippen molar-refractivity contribution in [1.29, 1.82) is 0 Å². The van der Waals surface area contributed by atoms with Crippen LogP contribution in [0, 0.1) is 0 Å². The first kappa shape index (κ1) is 20.4. The maximum Gasteiger partial charge on any atom is 0.230 e. The van der Waals surface area contributed by atoms with E-state index in [0.717, 1.165) is 48.6 Å². The summed E-state index contributed by atoms with van der Waals surface area (Å²) in [5, 5.41) is 3.02. The van der Waals surface area contributed by atoms with E-state index >= 15 is 0 Å². The molecule has 1 amide bonds. The standard InChI is InChI=1S/C21H25BrN2O2S/c22-20-6-4-17(5-7-20)15-27-16-21(25)23-13-18-2-1-3-19(12-18)14-24-8-10-26-11-9-24/h1-7,12H,8-11,13-16H2,(H,23,25). The Morgan fingerprint density at radius 3 is 2.59 bits per heavy atom. The van der Waals surface area contributed by atoms with Crippen LogP contribution in [-0.4, -0.2) is 42.9 Å². The highest BCUT2D eigenvalue weighted by Gasteiger charge is 2.11. The number of ether oxygens (including phenoxy) is 1. The summed E-state index contributed by atoms with van der Waals surface area (Å²) in [6.45, 7) is 5.11. The van der Waals surface area contributed by atoms with Crippen LogP contribution in [0.4, 0.5) is 0 Å². The zero-order chi connectivity index (χ0) is 18.9. The molecule has 0 radical (unpaired) electrons. The zero-order valence-corrected chi connectivity index (χ0v) is 17.7. The fourth-order valence-electron chi connectivity index (χ4n) is 2.95. The molecule has 144 valence electrons. The smallest absolute Gasteiger partial charge is 0.230 e. The number of halogens is 1. The molecule has 1 aliphatic rings. The summed E-state index contributed by atoms with van der Waals surface area (Å²) in [5.74, 6) is 1.40. The van der Waals surface area contributed by atoms with Crippen LogP contribution in [-0.2, 0) is 28.4 Å². The van der Waals surface area contributed by atoms with Crippen LogP contribution in [0.15, 0.2) is 53.0 Å². The number of carbonyl (C=O) groups excluding carboxylic acids is 1. The molecule has 0 atom stereocenters. The maximum atomic E-state index is 12.1. The SMILES string of the molecule is O=C(CSCc1ccc(Br)cc1)NCc1cccc(CN2CCOCC2)c1. The molecule has 27 heavy (non-hydrogen) atoms. The monoisotopic (exact) mass is 448 g/mol. The van der Waals surface area contributed by atoms with Gasteiger partial charge in [-0.25, -0.2) is 0 Å². The third-order valence-electron chi connectivity index (χ3n) is 4.41. The predicted octanol–water partition coefficient (Wildman–Crippen LogP) is 3.83. The molecule has 0 spiro atoms. The van der Waals surface area contributed by atoms with E-state index in [9.17, 15) is 4.79 Å². The van der Waals surface area contributed by atoms with Crippen molar-refractivity contribution in [2.45, 2.75) is 18.8 Å². The minimum Gasteiger partial charge on any atom is -0.379 e. The van der Waals surface area contributed by atoms with Crippen LogP contribution in [0.3, 0.4) is 0 Å². The van der Waals surface area contributed by atoms with Gasteiger partial charge in [0.25, 0.3) is 0 Å². The highest BCUT2D eigenvalue weighted by Crippen LogP contribution is 2.16.